The average Bonchev–Trinajstić information content (AvgIpc) is 3.66. The molecule has 0 spiro atoms. The second-order valence-corrected chi connectivity index (χ2v) is 12.7. The summed E-state index contributed by atoms with van der Waals surface area (Å²) in [5, 5.41) is 2.42. The Labute approximate surface area is 254 Å². The van der Waals surface area contributed by atoms with Gasteiger partial charge in [0.1, 0.15) is 5.65 Å². The predicted molar refractivity (Wildman–Crippen MR) is 173 cm³/mol. The topological polar surface area (TPSA) is 88.3 Å². The van der Waals surface area contributed by atoms with Gasteiger partial charge in [0.15, 0.2) is 0 Å². The van der Waals surface area contributed by atoms with E-state index in [1.54, 1.807) is 0 Å². The third kappa shape index (κ3) is 5.81. The van der Waals surface area contributed by atoms with Gasteiger partial charge in [-0.15, -0.1) is 0 Å². The molecule has 0 bridgehead atoms. The summed E-state index contributed by atoms with van der Waals surface area (Å²) < 4.78 is 0. The number of amides is 2. The van der Waals surface area contributed by atoms with E-state index in [1.165, 1.54) is 27.8 Å². The van der Waals surface area contributed by atoms with Gasteiger partial charge in [-0.1, -0.05) is 19.9 Å². The van der Waals surface area contributed by atoms with Crippen molar-refractivity contribution in [2.24, 2.45) is 5.92 Å². The molecule has 6 rings (SSSR count). The van der Waals surface area contributed by atoms with Crippen molar-refractivity contribution in [3.63, 3.8) is 0 Å². The second-order valence-electron chi connectivity index (χ2n) is 12.7. The number of rotatable bonds is 8. The van der Waals surface area contributed by atoms with Gasteiger partial charge in [0.25, 0.3) is 0 Å². The lowest BCUT2D eigenvalue weighted by molar-refractivity contribution is -0.139. The van der Waals surface area contributed by atoms with Crippen LogP contribution in [0.5, 0.6) is 0 Å². The SMILES string of the molecule is CCN(CC)C(=O)C1CCCN(CC(=O)N2CCC(c3ccc4[nH]c(-c5ccnc6[nH]ccc56)c(C(C)C)c4c3)CC2)C1. The Kier molecular flexibility index (Phi) is 8.57. The van der Waals surface area contributed by atoms with Crippen LogP contribution in [0, 0.1) is 5.92 Å². The first-order chi connectivity index (χ1) is 20.9. The van der Waals surface area contributed by atoms with Gasteiger partial charge in [0.05, 0.1) is 18.2 Å². The molecule has 1 aromatic carbocycles. The van der Waals surface area contributed by atoms with Gasteiger partial charge < -0.3 is 19.8 Å². The van der Waals surface area contributed by atoms with Crippen LogP contribution >= 0.6 is 0 Å². The highest BCUT2D eigenvalue weighted by Crippen LogP contribution is 2.40. The number of hydrogen-bond acceptors (Lipinski definition) is 4. The van der Waals surface area contributed by atoms with Crippen LogP contribution in [0.15, 0.2) is 42.7 Å². The minimum absolute atomic E-state index is 0.0133. The van der Waals surface area contributed by atoms with Gasteiger partial charge in [0, 0.05) is 67.0 Å². The van der Waals surface area contributed by atoms with Crippen LogP contribution in [-0.2, 0) is 9.59 Å². The maximum absolute atomic E-state index is 13.3. The molecule has 2 amide bonds. The molecule has 2 aliphatic rings. The van der Waals surface area contributed by atoms with E-state index >= 15 is 0 Å². The first kappa shape index (κ1) is 29.4. The monoisotopic (exact) mass is 582 g/mol. The summed E-state index contributed by atoms with van der Waals surface area (Å²) in [5.41, 5.74) is 7.13. The van der Waals surface area contributed by atoms with Crippen LogP contribution in [-0.4, -0.2) is 87.3 Å². The van der Waals surface area contributed by atoms with Crippen LogP contribution in [0.25, 0.3) is 33.2 Å². The Bertz CT molecular complexity index is 1590. The summed E-state index contributed by atoms with van der Waals surface area (Å²) in [4.78, 5) is 43.9. The van der Waals surface area contributed by atoms with E-state index in [0.29, 0.717) is 24.9 Å². The van der Waals surface area contributed by atoms with Crippen LogP contribution in [0.3, 0.4) is 0 Å². The lowest BCUT2D eigenvalue weighted by Gasteiger charge is -2.37. The molecular formula is C35H46N6O2. The number of nitrogens with one attached hydrogen (secondary N) is 2. The number of piperidine rings is 2. The minimum Gasteiger partial charge on any atom is -0.354 e. The third-order valence-electron chi connectivity index (χ3n) is 9.78. The minimum atomic E-state index is 0.0133. The highest BCUT2D eigenvalue weighted by molar-refractivity contribution is 5.99. The number of carbonyl (C=O) groups excluding carboxylic acids is 2. The van der Waals surface area contributed by atoms with Crippen molar-refractivity contribution < 1.29 is 9.59 Å². The molecule has 0 aliphatic carbocycles. The molecule has 228 valence electrons. The molecule has 43 heavy (non-hydrogen) atoms. The lowest BCUT2D eigenvalue weighted by atomic mass is 9.87. The number of carbonyl (C=O) groups is 2. The molecule has 0 saturated carbocycles. The molecule has 1 unspecified atom stereocenters. The summed E-state index contributed by atoms with van der Waals surface area (Å²) >= 11 is 0. The van der Waals surface area contributed by atoms with Crippen molar-refractivity contribution >= 4 is 33.8 Å². The second kappa shape index (κ2) is 12.5. The molecule has 4 aromatic rings. The summed E-state index contributed by atoms with van der Waals surface area (Å²) in [6.45, 7) is 13.7. The fourth-order valence-electron chi connectivity index (χ4n) is 7.42. The summed E-state index contributed by atoms with van der Waals surface area (Å²) in [6.07, 6.45) is 7.68. The molecule has 2 saturated heterocycles. The maximum Gasteiger partial charge on any atom is 0.236 e. The smallest absolute Gasteiger partial charge is 0.236 e. The highest BCUT2D eigenvalue weighted by Gasteiger charge is 2.31. The Morgan fingerprint density at radius 3 is 2.56 bits per heavy atom. The van der Waals surface area contributed by atoms with Crippen molar-refractivity contribution in [2.45, 2.75) is 65.2 Å². The van der Waals surface area contributed by atoms with Crippen molar-refractivity contribution in [1.29, 1.82) is 0 Å². The first-order valence-electron chi connectivity index (χ1n) is 16.2. The zero-order valence-electron chi connectivity index (χ0n) is 26.2. The summed E-state index contributed by atoms with van der Waals surface area (Å²) in [7, 11) is 0. The van der Waals surface area contributed by atoms with E-state index in [-0.39, 0.29) is 17.7 Å². The van der Waals surface area contributed by atoms with Gasteiger partial charge >= 0.3 is 0 Å². The Hall–Kier alpha value is -3.65. The zero-order valence-corrected chi connectivity index (χ0v) is 26.2. The van der Waals surface area contributed by atoms with E-state index in [0.717, 1.165) is 75.0 Å². The van der Waals surface area contributed by atoms with Crippen molar-refractivity contribution in [1.82, 2.24) is 29.7 Å². The number of likely N-dealkylation sites (tertiary alicyclic amines) is 2. The standard InChI is InChI=1S/C35H46N6O2/c1-5-40(6-2)35(43)26-8-7-17-39(21-26)22-31(42)41-18-13-24(14-19-41)25-9-10-30-29(20-25)32(23(3)4)33(38-30)27-11-15-36-34-28(27)12-16-37-34/h9-12,15-16,20,23-24,26,38H,5-8,13-14,17-19,21-22H2,1-4H3,(H,36,37). The number of aromatic nitrogens is 3. The molecule has 2 N–H and O–H groups in total. The van der Waals surface area contributed by atoms with E-state index in [1.807, 2.05) is 36.0 Å². The third-order valence-corrected chi connectivity index (χ3v) is 9.78. The van der Waals surface area contributed by atoms with Crippen LogP contribution in [0.2, 0.25) is 0 Å². The quantitative estimate of drug-likeness (QED) is 0.262. The van der Waals surface area contributed by atoms with E-state index in [2.05, 4.69) is 64.0 Å². The maximum atomic E-state index is 13.3. The number of fused-ring (bicyclic) bond motifs is 2. The molecule has 0 radical (unpaired) electrons. The molecular weight excluding hydrogens is 536 g/mol. The number of hydrogen-bond donors (Lipinski definition) is 2. The van der Waals surface area contributed by atoms with E-state index < -0.39 is 0 Å². The number of nitrogens with zero attached hydrogens (tertiary/aromatic N) is 4. The number of pyridine rings is 1. The van der Waals surface area contributed by atoms with E-state index in [9.17, 15) is 9.59 Å². The number of H-pyrrole nitrogens is 2. The molecule has 8 heteroatoms. The fraction of sp³-hybridized carbons (Fsp3) is 0.514. The Morgan fingerprint density at radius 2 is 1.81 bits per heavy atom. The fourth-order valence-corrected chi connectivity index (χ4v) is 7.42. The number of benzene rings is 1. The molecule has 1 atom stereocenters. The van der Waals surface area contributed by atoms with E-state index in [4.69, 9.17) is 0 Å². The largest absolute Gasteiger partial charge is 0.354 e. The van der Waals surface area contributed by atoms with Crippen molar-refractivity contribution in [2.75, 3.05) is 45.8 Å². The van der Waals surface area contributed by atoms with Gasteiger partial charge in [-0.25, -0.2) is 4.98 Å². The Morgan fingerprint density at radius 1 is 1.02 bits per heavy atom. The van der Waals surface area contributed by atoms with Crippen LogP contribution in [0.1, 0.15) is 76.3 Å². The zero-order chi connectivity index (χ0) is 30.1. The lowest BCUT2D eigenvalue weighted by Crippen LogP contribution is -2.49. The van der Waals surface area contributed by atoms with Crippen LogP contribution in [0.4, 0.5) is 0 Å². The average molecular weight is 583 g/mol. The molecule has 5 heterocycles. The van der Waals surface area contributed by atoms with Gasteiger partial charge in [-0.2, -0.15) is 0 Å². The molecule has 3 aromatic heterocycles. The number of aromatic amines is 2. The highest BCUT2D eigenvalue weighted by atomic mass is 16.2. The summed E-state index contributed by atoms with van der Waals surface area (Å²) in [5.74, 6) is 1.26. The van der Waals surface area contributed by atoms with Crippen molar-refractivity contribution in [3.8, 4) is 11.3 Å². The van der Waals surface area contributed by atoms with Gasteiger partial charge in [-0.05, 0) is 93.3 Å². The van der Waals surface area contributed by atoms with Crippen LogP contribution < -0.4 is 0 Å². The van der Waals surface area contributed by atoms with Gasteiger partial charge in [-0.3, -0.25) is 14.5 Å². The van der Waals surface area contributed by atoms with Gasteiger partial charge in [0.2, 0.25) is 11.8 Å². The molecule has 2 aliphatic heterocycles. The summed E-state index contributed by atoms with van der Waals surface area (Å²) in [6, 6.07) is 11.1. The normalized spacial score (nSPS) is 18.6. The molecule has 8 nitrogen and oxygen atoms in total. The predicted octanol–water partition coefficient (Wildman–Crippen LogP) is 6.12. The van der Waals surface area contributed by atoms with Crippen molar-refractivity contribution in [3.05, 3.63) is 53.9 Å². The Balaban J connectivity index is 1.13. The molecule has 2 fully saturated rings. The first-order valence-corrected chi connectivity index (χ1v) is 16.2.